The summed E-state index contributed by atoms with van der Waals surface area (Å²) in [5, 5.41) is 11.1. The summed E-state index contributed by atoms with van der Waals surface area (Å²) < 4.78 is 13.4. The van der Waals surface area contributed by atoms with Gasteiger partial charge in [-0.1, -0.05) is 11.6 Å². The molecule has 0 bridgehead atoms. The number of carboxylic acid groups (broad SMARTS) is 1. The molecule has 0 heterocycles. The molecule has 1 aromatic carbocycles. The molecule has 5 nitrogen and oxygen atoms in total. The summed E-state index contributed by atoms with van der Waals surface area (Å²) in [6.07, 6.45) is 0.330. The quantitative estimate of drug-likeness (QED) is 0.836. The van der Waals surface area contributed by atoms with Gasteiger partial charge in [-0.15, -0.1) is 0 Å². The second-order valence-electron chi connectivity index (χ2n) is 4.09. The normalized spacial score (nSPS) is 10.2. The number of urea groups is 1. The summed E-state index contributed by atoms with van der Waals surface area (Å²) in [5.74, 6) is -1.43. The van der Waals surface area contributed by atoms with E-state index in [9.17, 15) is 14.0 Å². The number of carbonyl (C=O) groups excluding carboxylic acids is 1. The molecule has 0 atom stereocenters. The van der Waals surface area contributed by atoms with Crippen LogP contribution in [0.25, 0.3) is 0 Å². The summed E-state index contributed by atoms with van der Waals surface area (Å²) in [7, 11) is 1.53. The summed E-state index contributed by atoms with van der Waals surface area (Å²) >= 11 is 8.96. The van der Waals surface area contributed by atoms with Gasteiger partial charge in [-0.3, -0.25) is 4.79 Å². The van der Waals surface area contributed by atoms with Gasteiger partial charge in [0.2, 0.25) is 0 Å². The van der Waals surface area contributed by atoms with Gasteiger partial charge in [-0.2, -0.15) is 0 Å². The van der Waals surface area contributed by atoms with Crippen LogP contribution in [0.5, 0.6) is 0 Å². The molecule has 1 aromatic rings. The summed E-state index contributed by atoms with van der Waals surface area (Å²) in [4.78, 5) is 23.6. The Morgan fingerprint density at radius 2 is 2.15 bits per heavy atom. The number of hydrogen-bond acceptors (Lipinski definition) is 2. The predicted octanol–water partition coefficient (Wildman–Crippen LogP) is 3.57. The van der Waals surface area contributed by atoms with Crippen LogP contribution in [-0.4, -0.2) is 35.6 Å². The van der Waals surface area contributed by atoms with Crippen LogP contribution in [0.3, 0.4) is 0 Å². The number of aliphatic carboxylic acids is 1. The Hall–Kier alpha value is -1.34. The van der Waals surface area contributed by atoms with E-state index in [0.717, 1.165) is 6.07 Å². The average molecular weight is 368 g/mol. The molecule has 0 spiro atoms. The van der Waals surface area contributed by atoms with Gasteiger partial charge in [0.1, 0.15) is 5.82 Å². The number of halogens is 3. The minimum atomic E-state index is -0.914. The van der Waals surface area contributed by atoms with Crippen molar-refractivity contribution in [2.45, 2.75) is 12.8 Å². The molecule has 8 heteroatoms. The highest BCUT2D eigenvalue weighted by atomic mass is 79.9. The molecule has 0 saturated carbocycles. The molecule has 0 aliphatic carbocycles. The van der Waals surface area contributed by atoms with Crippen LogP contribution in [0, 0.1) is 5.82 Å². The molecule has 0 aliphatic rings. The fourth-order valence-electron chi connectivity index (χ4n) is 1.43. The van der Waals surface area contributed by atoms with Crippen LogP contribution in [-0.2, 0) is 4.79 Å². The molecule has 1 rings (SSSR count). The van der Waals surface area contributed by atoms with Crippen molar-refractivity contribution in [3.05, 3.63) is 27.4 Å². The zero-order valence-corrected chi connectivity index (χ0v) is 13.0. The first-order chi connectivity index (χ1) is 9.31. The van der Waals surface area contributed by atoms with E-state index >= 15 is 0 Å². The van der Waals surface area contributed by atoms with Gasteiger partial charge < -0.3 is 15.3 Å². The fourth-order valence-corrected chi connectivity index (χ4v) is 2.33. The lowest BCUT2D eigenvalue weighted by atomic mass is 10.3. The van der Waals surface area contributed by atoms with E-state index in [-0.39, 0.29) is 23.7 Å². The molecule has 0 radical (unpaired) electrons. The minimum absolute atomic E-state index is 0.0153. The predicted molar refractivity (Wildman–Crippen MR) is 77.6 cm³/mol. The fraction of sp³-hybridized carbons (Fsp3) is 0.333. The topological polar surface area (TPSA) is 69.6 Å². The van der Waals surface area contributed by atoms with Crippen LogP contribution in [0.2, 0.25) is 5.02 Å². The van der Waals surface area contributed by atoms with Gasteiger partial charge in [-0.25, -0.2) is 9.18 Å². The Morgan fingerprint density at radius 3 is 2.70 bits per heavy atom. The monoisotopic (exact) mass is 366 g/mol. The van der Waals surface area contributed by atoms with E-state index in [1.807, 2.05) is 0 Å². The molecule has 2 N–H and O–H groups in total. The van der Waals surface area contributed by atoms with Crippen molar-refractivity contribution in [1.29, 1.82) is 0 Å². The zero-order chi connectivity index (χ0) is 15.3. The first-order valence-electron chi connectivity index (χ1n) is 5.69. The van der Waals surface area contributed by atoms with Gasteiger partial charge in [0.15, 0.2) is 0 Å². The van der Waals surface area contributed by atoms with Crippen molar-refractivity contribution in [3.63, 3.8) is 0 Å². The van der Waals surface area contributed by atoms with E-state index < -0.39 is 17.8 Å². The largest absolute Gasteiger partial charge is 0.481 e. The van der Waals surface area contributed by atoms with Crippen molar-refractivity contribution < 1.29 is 19.1 Å². The van der Waals surface area contributed by atoms with E-state index in [4.69, 9.17) is 16.7 Å². The Morgan fingerprint density at radius 1 is 1.50 bits per heavy atom. The van der Waals surface area contributed by atoms with Crippen LogP contribution >= 0.6 is 27.5 Å². The van der Waals surface area contributed by atoms with Crippen LogP contribution in [0.4, 0.5) is 14.9 Å². The smallest absolute Gasteiger partial charge is 0.321 e. The third-order valence-electron chi connectivity index (χ3n) is 2.47. The maximum atomic E-state index is 13.1. The van der Waals surface area contributed by atoms with Crippen LogP contribution in [0.15, 0.2) is 16.6 Å². The van der Waals surface area contributed by atoms with Crippen molar-refractivity contribution in [2.24, 2.45) is 0 Å². The lowest BCUT2D eigenvalue weighted by Crippen LogP contribution is -2.32. The number of benzene rings is 1. The van der Waals surface area contributed by atoms with Gasteiger partial charge >= 0.3 is 12.0 Å². The maximum Gasteiger partial charge on any atom is 0.321 e. The molecule has 0 fully saturated rings. The van der Waals surface area contributed by atoms with Crippen LogP contribution in [0.1, 0.15) is 12.8 Å². The minimum Gasteiger partial charge on any atom is -0.481 e. The number of anilines is 1. The van der Waals surface area contributed by atoms with Crippen LogP contribution < -0.4 is 5.32 Å². The first kappa shape index (κ1) is 16.7. The Balaban J connectivity index is 2.64. The highest BCUT2D eigenvalue weighted by molar-refractivity contribution is 9.10. The third-order valence-corrected chi connectivity index (χ3v) is 3.39. The number of rotatable bonds is 5. The number of carboxylic acids is 1. The highest BCUT2D eigenvalue weighted by Crippen LogP contribution is 2.31. The highest BCUT2D eigenvalue weighted by Gasteiger charge is 2.14. The van der Waals surface area contributed by atoms with Crippen molar-refractivity contribution in [2.75, 3.05) is 18.9 Å². The Labute approximate surface area is 128 Å². The number of carbonyl (C=O) groups is 2. The molecular weight excluding hydrogens is 354 g/mol. The maximum absolute atomic E-state index is 13.1. The third kappa shape index (κ3) is 4.97. The summed E-state index contributed by atoms with van der Waals surface area (Å²) in [6, 6.07) is 1.82. The van der Waals surface area contributed by atoms with Crippen molar-refractivity contribution in [1.82, 2.24) is 4.90 Å². The Kier molecular flexibility index (Phi) is 6.22. The Bertz CT molecular complexity index is 504. The summed E-state index contributed by atoms with van der Waals surface area (Å²) in [5.41, 5.74) is 0.267. The lowest BCUT2D eigenvalue weighted by Gasteiger charge is -2.18. The second-order valence-corrected chi connectivity index (χ2v) is 5.35. The number of nitrogens with one attached hydrogen (secondary N) is 1. The molecule has 20 heavy (non-hydrogen) atoms. The van der Waals surface area contributed by atoms with Gasteiger partial charge in [0.25, 0.3) is 0 Å². The molecule has 2 amide bonds. The van der Waals surface area contributed by atoms with Crippen molar-refractivity contribution >= 4 is 45.2 Å². The van der Waals surface area contributed by atoms with E-state index in [1.165, 1.54) is 18.0 Å². The van der Waals surface area contributed by atoms with E-state index in [0.29, 0.717) is 10.9 Å². The molecule has 110 valence electrons. The SMILES string of the molecule is CN(CCCC(=O)O)C(=O)Nc1c(Cl)cc(F)cc1Br. The first-order valence-corrected chi connectivity index (χ1v) is 6.87. The molecule has 0 saturated heterocycles. The average Bonchev–Trinajstić information content (AvgIpc) is 2.32. The zero-order valence-electron chi connectivity index (χ0n) is 10.6. The number of hydrogen-bond donors (Lipinski definition) is 2. The molecule has 0 aromatic heterocycles. The molecular formula is C12H13BrClFN2O3. The standard InChI is InChI=1S/C12H13BrClFN2O3/c1-17(4-2-3-10(18)19)12(20)16-11-8(13)5-7(15)6-9(11)14/h5-6H,2-4H2,1H3,(H,16,20)(H,18,19). The van der Waals surface area contributed by atoms with Gasteiger partial charge in [0, 0.05) is 24.5 Å². The van der Waals surface area contributed by atoms with Gasteiger partial charge in [0.05, 0.1) is 10.7 Å². The van der Waals surface area contributed by atoms with Crippen molar-refractivity contribution in [3.8, 4) is 0 Å². The summed E-state index contributed by atoms with van der Waals surface area (Å²) in [6.45, 7) is 0.286. The lowest BCUT2D eigenvalue weighted by molar-refractivity contribution is -0.137. The van der Waals surface area contributed by atoms with E-state index in [1.54, 1.807) is 0 Å². The number of nitrogens with zero attached hydrogens (tertiary/aromatic N) is 1. The van der Waals surface area contributed by atoms with Gasteiger partial charge in [-0.05, 0) is 34.5 Å². The number of amides is 2. The second kappa shape index (κ2) is 7.44. The molecule has 0 unspecified atom stereocenters. The van der Waals surface area contributed by atoms with E-state index in [2.05, 4.69) is 21.2 Å². The molecule has 0 aliphatic heterocycles.